The first-order chi connectivity index (χ1) is 13.5. The molecule has 1 spiro atoms. The van der Waals surface area contributed by atoms with E-state index in [9.17, 15) is 9.59 Å². The fourth-order valence-corrected chi connectivity index (χ4v) is 4.62. The second-order valence-corrected chi connectivity index (χ2v) is 8.23. The molecule has 0 aliphatic carbocycles. The maximum Gasteiger partial charge on any atom is 0.253 e. The zero-order chi connectivity index (χ0) is 19.7. The molecule has 6 heteroatoms. The summed E-state index contributed by atoms with van der Waals surface area (Å²) in [4.78, 5) is 33.1. The first-order valence-corrected chi connectivity index (χ1v) is 9.79. The number of primary amides is 1. The first-order valence-electron chi connectivity index (χ1n) is 9.79. The molecule has 2 fully saturated rings. The summed E-state index contributed by atoms with van der Waals surface area (Å²) in [6, 6.07) is 9.25. The Morgan fingerprint density at radius 1 is 1.04 bits per heavy atom. The minimum atomic E-state index is -0.512. The predicted octanol–water partition coefficient (Wildman–Crippen LogP) is 2.41. The van der Waals surface area contributed by atoms with E-state index >= 15 is 0 Å². The Morgan fingerprint density at radius 2 is 1.86 bits per heavy atom. The molecule has 2 N–H and O–H groups in total. The summed E-state index contributed by atoms with van der Waals surface area (Å²) in [6.07, 6.45) is 6.56. The SMILES string of the molecule is CN1CC[C@@]2(CCCN(C(=O)c3cccc(-c4cncc(C(N)=O)c4)c3)C2)C1. The highest BCUT2D eigenvalue weighted by Crippen LogP contribution is 2.38. The van der Waals surface area contributed by atoms with Gasteiger partial charge in [-0.2, -0.15) is 0 Å². The molecule has 2 saturated heterocycles. The van der Waals surface area contributed by atoms with Gasteiger partial charge in [-0.1, -0.05) is 12.1 Å². The fraction of sp³-hybridized carbons (Fsp3) is 0.409. The molecule has 3 heterocycles. The van der Waals surface area contributed by atoms with Gasteiger partial charge in [0.05, 0.1) is 5.56 Å². The van der Waals surface area contributed by atoms with Crippen LogP contribution in [-0.4, -0.2) is 59.8 Å². The standard InChI is InChI=1S/C22H26N4O2/c1-25-9-7-22(14-25)6-3-8-26(15-22)21(28)17-5-2-4-16(10-17)18-11-19(20(23)27)13-24-12-18/h2,4-5,10-13H,3,6-9,14-15H2,1H3,(H2,23,27)/t22-/m0/s1. The van der Waals surface area contributed by atoms with E-state index in [1.807, 2.05) is 29.2 Å². The third-order valence-corrected chi connectivity index (χ3v) is 6.04. The Morgan fingerprint density at radius 3 is 2.61 bits per heavy atom. The Kier molecular flexibility index (Phi) is 4.89. The van der Waals surface area contributed by atoms with Crippen molar-refractivity contribution in [2.45, 2.75) is 19.3 Å². The molecule has 0 unspecified atom stereocenters. The number of carbonyl (C=O) groups excluding carboxylic acids is 2. The number of rotatable bonds is 3. The van der Waals surface area contributed by atoms with Crippen molar-refractivity contribution in [3.8, 4) is 11.1 Å². The van der Waals surface area contributed by atoms with Crippen molar-refractivity contribution in [2.24, 2.45) is 11.1 Å². The highest BCUT2D eigenvalue weighted by molar-refractivity contribution is 5.96. The van der Waals surface area contributed by atoms with E-state index in [1.54, 1.807) is 12.3 Å². The van der Waals surface area contributed by atoms with Crippen LogP contribution in [0, 0.1) is 5.41 Å². The molecule has 1 atom stereocenters. The van der Waals surface area contributed by atoms with Crippen LogP contribution in [0.1, 0.15) is 40.0 Å². The van der Waals surface area contributed by atoms with Crippen molar-refractivity contribution in [2.75, 3.05) is 33.2 Å². The lowest BCUT2D eigenvalue weighted by molar-refractivity contribution is 0.0534. The molecule has 28 heavy (non-hydrogen) atoms. The molecule has 0 radical (unpaired) electrons. The molecular weight excluding hydrogens is 352 g/mol. The van der Waals surface area contributed by atoms with Crippen LogP contribution in [-0.2, 0) is 0 Å². The predicted molar refractivity (Wildman–Crippen MR) is 108 cm³/mol. The summed E-state index contributed by atoms with van der Waals surface area (Å²) >= 11 is 0. The van der Waals surface area contributed by atoms with Gasteiger partial charge in [0.25, 0.3) is 5.91 Å². The van der Waals surface area contributed by atoms with E-state index in [-0.39, 0.29) is 11.3 Å². The topological polar surface area (TPSA) is 79.5 Å². The molecule has 2 aromatic rings. The van der Waals surface area contributed by atoms with Gasteiger partial charge >= 0.3 is 0 Å². The number of amides is 2. The number of piperidine rings is 1. The summed E-state index contributed by atoms with van der Waals surface area (Å²) in [6.45, 7) is 3.83. The molecule has 2 amide bonds. The fourth-order valence-electron chi connectivity index (χ4n) is 4.62. The van der Waals surface area contributed by atoms with Crippen LogP contribution in [0.15, 0.2) is 42.7 Å². The molecule has 2 aliphatic heterocycles. The lowest BCUT2D eigenvalue weighted by Crippen LogP contribution is -2.47. The Hall–Kier alpha value is -2.73. The number of pyridine rings is 1. The minimum Gasteiger partial charge on any atom is -0.366 e. The molecule has 6 nitrogen and oxygen atoms in total. The van der Waals surface area contributed by atoms with Gasteiger partial charge in [0.2, 0.25) is 5.91 Å². The molecular formula is C22H26N4O2. The van der Waals surface area contributed by atoms with Gasteiger partial charge in [-0.15, -0.1) is 0 Å². The molecule has 0 bridgehead atoms. The largest absolute Gasteiger partial charge is 0.366 e. The van der Waals surface area contributed by atoms with Crippen molar-refractivity contribution < 1.29 is 9.59 Å². The number of carbonyl (C=O) groups is 2. The molecule has 2 aliphatic rings. The third kappa shape index (κ3) is 3.64. The molecule has 1 aromatic carbocycles. The zero-order valence-corrected chi connectivity index (χ0v) is 16.2. The average molecular weight is 378 g/mol. The van der Waals surface area contributed by atoms with E-state index in [1.165, 1.54) is 19.0 Å². The van der Waals surface area contributed by atoms with Crippen LogP contribution >= 0.6 is 0 Å². The van der Waals surface area contributed by atoms with Crippen LogP contribution in [0.3, 0.4) is 0 Å². The van der Waals surface area contributed by atoms with E-state index in [2.05, 4.69) is 16.9 Å². The van der Waals surface area contributed by atoms with Gasteiger partial charge in [-0.05, 0) is 56.6 Å². The van der Waals surface area contributed by atoms with Crippen molar-refractivity contribution in [3.05, 3.63) is 53.9 Å². The van der Waals surface area contributed by atoms with Crippen molar-refractivity contribution in [1.82, 2.24) is 14.8 Å². The van der Waals surface area contributed by atoms with Crippen LogP contribution in [0.4, 0.5) is 0 Å². The van der Waals surface area contributed by atoms with Crippen molar-refractivity contribution >= 4 is 11.8 Å². The zero-order valence-electron chi connectivity index (χ0n) is 16.2. The summed E-state index contributed by atoms with van der Waals surface area (Å²) < 4.78 is 0. The van der Waals surface area contributed by atoms with E-state index in [0.29, 0.717) is 11.1 Å². The van der Waals surface area contributed by atoms with Gasteiger partial charge in [0.1, 0.15) is 0 Å². The van der Waals surface area contributed by atoms with E-state index in [4.69, 9.17) is 5.73 Å². The third-order valence-electron chi connectivity index (χ3n) is 6.04. The summed E-state index contributed by atoms with van der Waals surface area (Å²) in [5, 5.41) is 0. The summed E-state index contributed by atoms with van der Waals surface area (Å²) in [5.41, 5.74) is 8.27. The monoisotopic (exact) mass is 378 g/mol. The van der Waals surface area contributed by atoms with Crippen LogP contribution in [0.25, 0.3) is 11.1 Å². The number of benzene rings is 1. The minimum absolute atomic E-state index is 0.0782. The highest BCUT2D eigenvalue weighted by atomic mass is 16.2. The summed E-state index contributed by atoms with van der Waals surface area (Å²) in [7, 11) is 2.16. The number of hydrogen-bond donors (Lipinski definition) is 1. The number of nitrogens with zero attached hydrogens (tertiary/aromatic N) is 3. The molecule has 146 valence electrons. The maximum atomic E-state index is 13.2. The summed E-state index contributed by atoms with van der Waals surface area (Å²) in [5.74, 6) is -0.434. The number of aromatic nitrogens is 1. The van der Waals surface area contributed by atoms with Crippen molar-refractivity contribution in [1.29, 1.82) is 0 Å². The average Bonchev–Trinajstić information content (AvgIpc) is 3.07. The lowest BCUT2D eigenvalue weighted by Gasteiger charge is -2.40. The Balaban J connectivity index is 1.56. The van der Waals surface area contributed by atoms with Gasteiger partial charge < -0.3 is 15.5 Å². The second-order valence-electron chi connectivity index (χ2n) is 8.23. The molecule has 0 saturated carbocycles. The maximum absolute atomic E-state index is 13.2. The van der Waals surface area contributed by atoms with E-state index < -0.39 is 5.91 Å². The Labute approximate surface area is 165 Å². The van der Waals surface area contributed by atoms with Crippen LogP contribution in [0.2, 0.25) is 0 Å². The highest BCUT2D eigenvalue weighted by Gasteiger charge is 2.41. The number of hydrogen-bond acceptors (Lipinski definition) is 4. The quantitative estimate of drug-likeness (QED) is 0.889. The Bertz CT molecular complexity index is 909. The van der Waals surface area contributed by atoms with Gasteiger partial charge in [-0.3, -0.25) is 14.6 Å². The van der Waals surface area contributed by atoms with Gasteiger partial charge in [0.15, 0.2) is 0 Å². The van der Waals surface area contributed by atoms with Gasteiger partial charge in [0, 0.05) is 48.6 Å². The number of likely N-dealkylation sites (tertiary alicyclic amines) is 2. The molecule has 1 aromatic heterocycles. The molecule has 4 rings (SSSR count). The lowest BCUT2D eigenvalue weighted by atomic mass is 9.79. The number of nitrogens with two attached hydrogens (primary N) is 1. The van der Waals surface area contributed by atoms with Crippen LogP contribution in [0.5, 0.6) is 0 Å². The van der Waals surface area contributed by atoms with Gasteiger partial charge in [-0.25, -0.2) is 0 Å². The van der Waals surface area contributed by atoms with Crippen LogP contribution < -0.4 is 5.73 Å². The smallest absolute Gasteiger partial charge is 0.253 e. The van der Waals surface area contributed by atoms with E-state index in [0.717, 1.165) is 43.7 Å². The normalized spacial score (nSPS) is 22.5. The first kappa shape index (κ1) is 18.6. The second kappa shape index (κ2) is 7.36. The van der Waals surface area contributed by atoms with Crippen molar-refractivity contribution in [3.63, 3.8) is 0 Å².